The van der Waals surface area contributed by atoms with Crippen LogP contribution in [0, 0.1) is 0 Å². The number of allylic oxidation sites excluding steroid dienone is 3. The molecular weight excluding hydrogens is 150 g/mol. The summed E-state index contributed by atoms with van der Waals surface area (Å²) in [6.07, 6.45) is 6.15. The second-order valence-electron chi connectivity index (χ2n) is 3.57. The molecule has 1 fully saturated rings. The van der Waals surface area contributed by atoms with Crippen molar-refractivity contribution < 1.29 is 5.11 Å². The standard InChI is InChI=1S/C10H17NO/c1-4-6-9(5-2)11-7-10(3,12)8-11/h4-6,12H,7-8H2,1-3H3. The monoisotopic (exact) mass is 167 g/mol. The molecule has 0 aromatic rings. The predicted octanol–water partition coefficient (Wildman–Crippen LogP) is 1.53. The molecule has 1 N–H and O–H groups in total. The van der Waals surface area contributed by atoms with Crippen LogP contribution in [0.25, 0.3) is 0 Å². The smallest absolute Gasteiger partial charge is 0.0967 e. The zero-order valence-electron chi connectivity index (χ0n) is 8.04. The molecule has 0 saturated carbocycles. The Labute approximate surface area is 74.2 Å². The lowest BCUT2D eigenvalue weighted by molar-refractivity contribution is -0.0647. The average Bonchev–Trinajstić information content (AvgIpc) is 1.95. The van der Waals surface area contributed by atoms with Crippen LogP contribution in [0.2, 0.25) is 0 Å². The molecular formula is C10H17NO. The van der Waals surface area contributed by atoms with Crippen LogP contribution in [-0.2, 0) is 0 Å². The Morgan fingerprint density at radius 1 is 1.42 bits per heavy atom. The van der Waals surface area contributed by atoms with Crippen LogP contribution in [0.1, 0.15) is 20.8 Å². The van der Waals surface area contributed by atoms with E-state index in [-0.39, 0.29) is 0 Å². The molecule has 0 radical (unpaired) electrons. The summed E-state index contributed by atoms with van der Waals surface area (Å²) in [6, 6.07) is 0. The highest BCUT2D eigenvalue weighted by Crippen LogP contribution is 2.24. The molecule has 0 aromatic carbocycles. The summed E-state index contributed by atoms with van der Waals surface area (Å²) in [5, 5.41) is 9.50. The van der Waals surface area contributed by atoms with Gasteiger partial charge in [-0.3, -0.25) is 0 Å². The van der Waals surface area contributed by atoms with Gasteiger partial charge in [0.25, 0.3) is 0 Å². The van der Waals surface area contributed by atoms with Gasteiger partial charge in [0.15, 0.2) is 0 Å². The minimum atomic E-state index is -0.476. The Morgan fingerprint density at radius 2 is 2.00 bits per heavy atom. The summed E-state index contributed by atoms with van der Waals surface area (Å²) >= 11 is 0. The van der Waals surface area contributed by atoms with Gasteiger partial charge in [0.05, 0.1) is 5.60 Å². The molecule has 2 heteroatoms. The van der Waals surface area contributed by atoms with Gasteiger partial charge in [-0.15, -0.1) is 0 Å². The van der Waals surface area contributed by atoms with E-state index in [9.17, 15) is 5.11 Å². The van der Waals surface area contributed by atoms with Crippen LogP contribution in [0.3, 0.4) is 0 Å². The maximum absolute atomic E-state index is 9.50. The second-order valence-corrected chi connectivity index (χ2v) is 3.57. The molecule has 1 aliphatic heterocycles. The second kappa shape index (κ2) is 3.31. The fourth-order valence-corrected chi connectivity index (χ4v) is 1.51. The Bertz CT molecular complexity index is 208. The fourth-order valence-electron chi connectivity index (χ4n) is 1.51. The molecule has 1 saturated heterocycles. The lowest BCUT2D eigenvalue weighted by Gasteiger charge is -2.46. The Morgan fingerprint density at radius 3 is 2.33 bits per heavy atom. The Hall–Kier alpha value is -0.760. The SMILES string of the molecule is CC=CC(=CC)N1CC(C)(O)C1. The van der Waals surface area contributed by atoms with Gasteiger partial charge in [0.1, 0.15) is 0 Å². The van der Waals surface area contributed by atoms with E-state index in [1.165, 1.54) is 5.70 Å². The molecule has 2 nitrogen and oxygen atoms in total. The van der Waals surface area contributed by atoms with Crippen LogP contribution >= 0.6 is 0 Å². The third kappa shape index (κ3) is 1.89. The quantitative estimate of drug-likeness (QED) is 0.630. The van der Waals surface area contributed by atoms with Crippen LogP contribution in [0.15, 0.2) is 23.9 Å². The zero-order valence-corrected chi connectivity index (χ0v) is 8.04. The van der Waals surface area contributed by atoms with Gasteiger partial charge in [0.2, 0.25) is 0 Å². The first-order chi connectivity index (χ1) is 5.59. The van der Waals surface area contributed by atoms with Crippen molar-refractivity contribution in [1.82, 2.24) is 4.90 Å². The van der Waals surface area contributed by atoms with Crippen molar-refractivity contribution in [2.24, 2.45) is 0 Å². The van der Waals surface area contributed by atoms with Crippen molar-refractivity contribution >= 4 is 0 Å². The Balaban J connectivity index is 2.51. The van der Waals surface area contributed by atoms with Gasteiger partial charge in [-0.2, -0.15) is 0 Å². The number of nitrogens with zero attached hydrogens (tertiary/aromatic N) is 1. The fraction of sp³-hybridized carbons (Fsp3) is 0.600. The van der Waals surface area contributed by atoms with Crippen molar-refractivity contribution in [3.8, 4) is 0 Å². The van der Waals surface area contributed by atoms with E-state index >= 15 is 0 Å². The van der Waals surface area contributed by atoms with Crippen molar-refractivity contribution in [2.75, 3.05) is 13.1 Å². The third-order valence-electron chi connectivity index (χ3n) is 2.06. The van der Waals surface area contributed by atoms with E-state index < -0.39 is 5.60 Å². The first-order valence-electron chi connectivity index (χ1n) is 4.35. The molecule has 0 aliphatic carbocycles. The van der Waals surface area contributed by atoms with Crippen LogP contribution < -0.4 is 0 Å². The third-order valence-corrected chi connectivity index (χ3v) is 2.06. The maximum atomic E-state index is 9.50. The van der Waals surface area contributed by atoms with Crippen LogP contribution in [-0.4, -0.2) is 28.7 Å². The van der Waals surface area contributed by atoms with Crippen molar-refractivity contribution in [3.05, 3.63) is 23.9 Å². The lowest BCUT2D eigenvalue weighted by atomic mass is 9.96. The van der Waals surface area contributed by atoms with E-state index in [4.69, 9.17) is 0 Å². The molecule has 12 heavy (non-hydrogen) atoms. The van der Waals surface area contributed by atoms with Gasteiger partial charge in [-0.25, -0.2) is 0 Å². The van der Waals surface area contributed by atoms with E-state index in [1.54, 1.807) is 0 Å². The topological polar surface area (TPSA) is 23.5 Å². The first kappa shape index (κ1) is 9.33. The number of aliphatic hydroxyl groups is 1. The molecule has 1 aliphatic rings. The molecule has 1 heterocycles. The predicted molar refractivity (Wildman–Crippen MR) is 50.8 cm³/mol. The van der Waals surface area contributed by atoms with E-state index in [0.29, 0.717) is 0 Å². The number of likely N-dealkylation sites (tertiary alicyclic amines) is 1. The van der Waals surface area contributed by atoms with Gasteiger partial charge in [-0.1, -0.05) is 12.2 Å². The van der Waals surface area contributed by atoms with Crippen molar-refractivity contribution in [2.45, 2.75) is 26.4 Å². The Kier molecular flexibility index (Phi) is 2.58. The van der Waals surface area contributed by atoms with E-state index in [1.807, 2.05) is 26.8 Å². The van der Waals surface area contributed by atoms with Crippen molar-refractivity contribution in [3.63, 3.8) is 0 Å². The molecule has 0 unspecified atom stereocenters. The summed E-state index contributed by atoms with van der Waals surface area (Å²) in [4.78, 5) is 2.17. The summed E-state index contributed by atoms with van der Waals surface area (Å²) in [5.41, 5.74) is 0.722. The molecule has 0 bridgehead atoms. The van der Waals surface area contributed by atoms with Gasteiger partial charge < -0.3 is 10.0 Å². The zero-order chi connectivity index (χ0) is 9.19. The van der Waals surface area contributed by atoms with Gasteiger partial charge in [0, 0.05) is 18.8 Å². The molecule has 68 valence electrons. The molecule has 0 aromatic heterocycles. The highest BCUT2D eigenvalue weighted by Gasteiger charge is 2.36. The molecule has 0 amide bonds. The lowest BCUT2D eigenvalue weighted by Crippen LogP contribution is -2.58. The van der Waals surface area contributed by atoms with Gasteiger partial charge in [-0.05, 0) is 26.8 Å². The van der Waals surface area contributed by atoms with Crippen LogP contribution in [0.4, 0.5) is 0 Å². The summed E-state index contributed by atoms with van der Waals surface area (Å²) < 4.78 is 0. The number of β-amino-alcohol motifs (C(OH)–C–C–N with tert-alkyl or cyclic N) is 1. The largest absolute Gasteiger partial charge is 0.386 e. The summed E-state index contributed by atoms with van der Waals surface area (Å²) in [5.74, 6) is 0. The van der Waals surface area contributed by atoms with E-state index in [2.05, 4.69) is 17.1 Å². The summed E-state index contributed by atoms with van der Waals surface area (Å²) in [7, 11) is 0. The minimum Gasteiger partial charge on any atom is -0.386 e. The summed E-state index contributed by atoms with van der Waals surface area (Å²) in [6.45, 7) is 7.38. The minimum absolute atomic E-state index is 0.476. The average molecular weight is 167 g/mol. The normalized spacial score (nSPS) is 23.0. The van der Waals surface area contributed by atoms with Crippen molar-refractivity contribution in [1.29, 1.82) is 0 Å². The molecule has 0 spiro atoms. The number of hydrogen-bond acceptors (Lipinski definition) is 2. The highest BCUT2D eigenvalue weighted by molar-refractivity contribution is 5.20. The molecule has 0 atom stereocenters. The van der Waals surface area contributed by atoms with Crippen LogP contribution in [0.5, 0.6) is 0 Å². The maximum Gasteiger partial charge on any atom is 0.0967 e. The number of rotatable bonds is 2. The first-order valence-corrected chi connectivity index (χ1v) is 4.35. The van der Waals surface area contributed by atoms with Gasteiger partial charge >= 0.3 is 0 Å². The van der Waals surface area contributed by atoms with E-state index in [0.717, 1.165) is 13.1 Å². The number of hydrogen-bond donors (Lipinski definition) is 1. The highest BCUT2D eigenvalue weighted by atomic mass is 16.3. The molecule has 1 rings (SSSR count).